The van der Waals surface area contributed by atoms with E-state index in [2.05, 4.69) is 30.4 Å². The first-order valence-corrected chi connectivity index (χ1v) is 13.8. The van der Waals surface area contributed by atoms with Gasteiger partial charge in [-0.2, -0.15) is 0 Å². The average molecular weight is 477 g/mol. The Morgan fingerprint density at radius 2 is 1.75 bits per heavy atom. The summed E-state index contributed by atoms with van der Waals surface area (Å²) in [4.78, 5) is 25.1. The van der Waals surface area contributed by atoms with Gasteiger partial charge in [-0.15, -0.1) is 23.5 Å². The molecule has 0 N–H and O–H groups in total. The summed E-state index contributed by atoms with van der Waals surface area (Å²) in [5.41, 5.74) is 0.131. The molecule has 32 heavy (non-hydrogen) atoms. The first-order chi connectivity index (χ1) is 15.2. The van der Waals surface area contributed by atoms with E-state index in [1.807, 2.05) is 39.0 Å². The van der Waals surface area contributed by atoms with Crippen LogP contribution in [0.3, 0.4) is 0 Å². The van der Waals surface area contributed by atoms with Crippen molar-refractivity contribution in [2.75, 3.05) is 18.1 Å². The molecular formula is C26H36O4S2. The van der Waals surface area contributed by atoms with Gasteiger partial charge in [0, 0.05) is 16.9 Å². The van der Waals surface area contributed by atoms with Gasteiger partial charge >= 0.3 is 11.9 Å². The van der Waals surface area contributed by atoms with Crippen molar-refractivity contribution in [3.63, 3.8) is 0 Å². The SMILES string of the molecule is CC(C)(C)C(=O)O[C@H]1CC[C@H]2[C@H](CCOC(=O)c3ccccc3)C3(CC[C@]12C)SCCS3. The Morgan fingerprint density at radius 3 is 2.41 bits per heavy atom. The number of rotatable bonds is 5. The summed E-state index contributed by atoms with van der Waals surface area (Å²) < 4.78 is 12.0. The van der Waals surface area contributed by atoms with Crippen LogP contribution in [-0.2, 0) is 14.3 Å². The van der Waals surface area contributed by atoms with Gasteiger partial charge in [0.05, 0.1) is 21.7 Å². The molecule has 2 saturated carbocycles. The van der Waals surface area contributed by atoms with Gasteiger partial charge in [-0.1, -0.05) is 25.1 Å². The molecule has 3 fully saturated rings. The van der Waals surface area contributed by atoms with E-state index in [0.29, 0.717) is 24.0 Å². The maximum Gasteiger partial charge on any atom is 0.338 e. The number of carbonyl (C=O) groups excluding carboxylic acids is 2. The highest BCUT2D eigenvalue weighted by molar-refractivity contribution is 8.21. The van der Waals surface area contributed by atoms with Gasteiger partial charge in [0.1, 0.15) is 6.10 Å². The Kier molecular flexibility index (Phi) is 6.94. The number of ether oxygens (including phenoxy) is 2. The highest BCUT2D eigenvalue weighted by Gasteiger charge is 2.61. The highest BCUT2D eigenvalue weighted by atomic mass is 32.2. The molecule has 0 radical (unpaired) electrons. The summed E-state index contributed by atoms with van der Waals surface area (Å²) in [5.74, 6) is 2.99. The lowest BCUT2D eigenvalue weighted by Gasteiger charge is -2.52. The quantitative estimate of drug-likeness (QED) is 0.472. The van der Waals surface area contributed by atoms with Crippen LogP contribution in [0.25, 0.3) is 0 Å². The Labute approximate surface area is 201 Å². The molecule has 1 aromatic rings. The lowest BCUT2D eigenvalue weighted by Crippen LogP contribution is -2.50. The molecule has 0 bridgehead atoms. The Morgan fingerprint density at radius 1 is 1.06 bits per heavy atom. The van der Waals surface area contributed by atoms with E-state index in [9.17, 15) is 9.59 Å². The van der Waals surface area contributed by atoms with Crippen LogP contribution in [0.4, 0.5) is 0 Å². The molecule has 2 aliphatic carbocycles. The maximum atomic E-state index is 12.7. The zero-order valence-electron chi connectivity index (χ0n) is 19.7. The molecule has 4 rings (SSSR count). The Balaban J connectivity index is 1.47. The van der Waals surface area contributed by atoms with Crippen LogP contribution in [0, 0.1) is 22.7 Å². The second-order valence-electron chi connectivity index (χ2n) is 10.7. The molecule has 1 heterocycles. The molecule has 0 amide bonds. The summed E-state index contributed by atoms with van der Waals surface area (Å²) >= 11 is 4.22. The normalized spacial score (nSPS) is 31.3. The van der Waals surface area contributed by atoms with Crippen molar-refractivity contribution in [1.82, 2.24) is 0 Å². The van der Waals surface area contributed by atoms with Gasteiger partial charge in [-0.3, -0.25) is 4.79 Å². The molecule has 1 saturated heterocycles. The number of carbonyl (C=O) groups is 2. The summed E-state index contributed by atoms with van der Waals surface area (Å²) in [7, 11) is 0. The minimum Gasteiger partial charge on any atom is -0.462 e. The maximum absolute atomic E-state index is 12.7. The molecule has 176 valence electrons. The average Bonchev–Trinajstić information content (AvgIpc) is 3.36. The first kappa shape index (κ1) is 24.0. The number of benzene rings is 1. The van der Waals surface area contributed by atoms with Crippen LogP contribution >= 0.6 is 23.5 Å². The predicted molar refractivity (Wildman–Crippen MR) is 132 cm³/mol. The van der Waals surface area contributed by atoms with Gasteiger partial charge < -0.3 is 9.47 Å². The van der Waals surface area contributed by atoms with E-state index in [1.165, 1.54) is 11.5 Å². The molecular weight excluding hydrogens is 440 g/mol. The summed E-state index contributed by atoms with van der Waals surface area (Å²) in [6.45, 7) is 8.56. The molecule has 1 spiro atoms. The van der Waals surface area contributed by atoms with Crippen molar-refractivity contribution >= 4 is 35.5 Å². The molecule has 4 atom stereocenters. The molecule has 3 aliphatic rings. The van der Waals surface area contributed by atoms with Gasteiger partial charge in [0.15, 0.2) is 0 Å². The second kappa shape index (κ2) is 9.25. The van der Waals surface area contributed by atoms with Crippen molar-refractivity contribution in [2.24, 2.45) is 22.7 Å². The number of esters is 2. The monoisotopic (exact) mass is 476 g/mol. The summed E-state index contributed by atoms with van der Waals surface area (Å²) in [6, 6.07) is 9.23. The van der Waals surface area contributed by atoms with Crippen LogP contribution < -0.4 is 0 Å². The fourth-order valence-corrected chi connectivity index (χ4v) is 9.53. The lowest BCUT2D eigenvalue weighted by atomic mass is 9.62. The van der Waals surface area contributed by atoms with Crippen LogP contribution in [0.2, 0.25) is 0 Å². The smallest absolute Gasteiger partial charge is 0.338 e. The largest absolute Gasteiger partial charge is 0.462 e. The summed E-state index contributed by atoms with van der Waals surface area (Å²) in [5, 5.41) is 0. The van der Waals surface area contributed by atoms with Gasteiger partial charge in [0.2, 0.25) is 0 Å². The second-order valence-corrected chi connectivity index (χ2v) is 13.8. The van der Waals surface area contributed by atoms with Crippen molar-refractivity contribution < 1.29 is 19.1 Å². The predicted octanol–water partition coefficient (Wildman–Crippen LogP) is 6.19. The first-order valence-electron chi connectivity index (χ1n) is 11.9. The molecule has 1 aromatic carbocycles. The van der Waals surface area contributed by atoms with Gasteiger partial charge in [-0.05, 0) is 76.8 Å². The molecule has 6 heteroatoms. The van der Waals surface area contributed by atoms with E-state index in [0.717, 1.165) is 32.1 Å². The number of thioether (sulfide) groups is 2. The zero-order valence-corrected chi connectivity index (χ0v) is 21.4. The fourth-order valence-electron chi connectivity index (χ4n) is 5.86. The summed E-state index contributed by atoms with van der Waals surface area (Å²) in [6.07, 6.45) is 5.12. The van der Waals surface area contributed by atoms with E-state index < -0.39 is 5.41 Å². The highest BCUT2D eigenvalue weighted by Crippen LogP contribution is 2.66. The van der Waals surface area contributed by atoms with Gasteiger partial charge in [-0.25, -0.2) is 4.79 Å². The zero-order chi connectivity index (χ0) is 23.0. The third-order valence-corrected chi connectivity index (χ3v) is 11.5. The van der Waals surface area contributed by atoms with Crippen molar-refractivity contribution in [2.45, 2.75) is 70.0 Å². The van der Waals surface area contributed by atoms with Crippen LogP contribution in [0.1, 0.15) is 70.2 Å². The molecule has 0 aromatic heterocycles. The Bertz CT molecular complexity index is 828. The van der Waals surface area contributed by atoms with Gasteiger partial charge in [0.25, 0.3) is 0 Å². The molecule has 1 aliphatic heterocycles. The number of hydrogen-bond donors (Lipinski definition) is 0. The molecule has 0 unspecified atom stereocenters. The number of hydrogen-bond acceptors (Lipinski definition) is 6. The van der Waals surface area contributed by atoms with E-state index >= 15 is 0 Å². The third kappa shape index (κ3) is 4.59. The van der Waals surface area contributed by atoms with Crippen molar-refractivity contribution in [3.8, 4) is 0 Å². The lowest BCUT2D eigenvalue weighted by molar-refractivity contribution is -0.166. The number of fused-ring (bicyclic) bond motifs is 1. The topological polar surface area (TPSA) is 52.6 Å². The Hall–Kier alpha value is -1.14. The van der Waals surface area contributed by atoms with E-state index in [4.69, 9.17) is 9.47 Å². The standard InChI is InChI=1S/C26H36O4S2/c1-24(2,3)23(28)30-21-11-10-19-20(12-15-29-22(27)18-8-6-5-7-9-18)26(31-16-17-32-26)14-13-25(19,21)4/h5-9,19-21H,10-17H2,1-4H3/t19-,20-,21-,25-/m0/s1. The van der Waals surface area contributed by atoms with Crippen molar-refractivity contribution in [3.05, 3.63) is 35.9 Å². The van der Waals surface area contributed by atoms with Crippen LogP contribution in [-0.4, -0.2) is 40.2 Å². The van der Waals surface area contributed by atoms with E-state index in [1.54, 1.807) is 12.1 Å². The fraction of sp³-hybridized carbons (Fsp3) is 0.692. The minimum atomic E-state index is -0.480. The van der Waals surface area contributed by atoms with Crippen molar-refractivity contribution in [1.29, 1.82) is 0 Å². The minimum absolute atomic E-state index is 0.00394. The van der Waals surface area contributed by atoms with E-state index in [-0.39, 0.29) is 27.5 Å². The molecule has 4 nitrogen and oxygen atoms in total. The van der Waals surface area contributed by atoms with Crippen LogP contribution in [0.5, 0.6) is 0 Å². The van der Waals surface area contributed by atoms with Crippen LogP contribution in [0.15, 0.2) is 30.3 Å². The third-order valence-electron chi connectivity index (χ3n) is 7.69.